The number of para-hydroxylation sites is 1. The number of allylic oxidation sites excluding steroid dienone is 1. The van der Waals surface area contributed by atoms with E-state index in [-0.39, 0.29) is 12.1 Å². The molecule has 0 saturated heterocycles. The third-order valence-electron chi connectivity index (χ3n) is 5.16. The van der Waals surface area contributed by atoms with Gasteiger partial charge in [-0.2, -0.15) is 4.58 Å². The zero-order chi connectivity index (χ0) is 17.6. The third kappa shape index (κ3) is 2.05. The maximum atomic E-state index is 12.1. The number of rotatable bonds is 5. The Morgan fingerprint density at radius 1 is 1.44 bits per heavy atom. The molecule has 5 heteroatoms. The van der Waals surface area contributed by atoms with Gasteiger partial charge in [0, 0.05) is 18.6 Å². The molecule has 0 saturated carbocycles. The second kappa shape index (κ2) is 5.70. The molecule has 3 aliphatic heterocycles. The molecule has 1 aromatic rings. The number of ether oxygens (including phenoxy) is 2. The molecule has 0 fully saturated rings. The Morgan fingerprint density at radius 3 is 2.84 bits per heavy atom. The van der Waals surface area contributed by atoms with Crippen molar-refractivity contribution >= 4 is 17.5 Å². The van der Waals surface area contributed by atoms with Crippen molar-refractivity contribution < 1.29 is 18.8 Å². The molecule has 4 rings (SSSR count). The molecular formula is C20H21N2O3+. The number of carbonyl (C=O) groups excluding carboxylic acids is 1. The van der Waals surface area contributed by atoms with E-state index in [4.69, 9.17) is 15.2 Å². The average Bonchev–Trinajstić information content (AvgIpc) is 3.26. The first-order valence-corrected chi connectivity index (χ1v) is 8.42. The fraction of sp³-hybridized carbons (Fsp3) is 0.300. The summed E-state index contributed by atoms with van der Waals surface area (Å²) in [5.41, 5.74) is 7.24. The van der Waals surface area contributed by atoms with Crippen LogP contribution in [0.4, 0.5) is 5.69 Å². The number of hydrogen-bond donors (Lipinski definition) is 1. The monoisotopic (exact) mass is 337 g/mol. The molecule has 0 aliphatic carbocycles. The highest BCUT2D eigenvalue weighted by molar-refractivity contribution is 6.08. The van der Waals surface area contributed by atoms with Crippen molar-refractivity contribution in [1.82, 2.24) is 0 Å². The van der Waals surface area contributed by atoms with Crippen LogP contribution < -0.4 is 5.73 Å². The van der Waals surface area contributed by atoms with Gasteiger partial charge >= 0.3 is 5.90 Å². The molecule has 3 heterocycles. The molecule has 3 atom stereocenters. The second-order valence-electron chi connectivity index (χ2n) is 6.44. The van der Waals surface area contributed by atoms with Crippen molar-refractivity contribution in [2.24, 2.45) is 5.73 Å². The minimum atomic E-state index is -0.695. The molecule has 1 aromatic carbocycles. The zero-order valence-electron chi connectivity index (χ0n) is 14.1. The minimum absolute atomic E-state index is 0.0315. The molecule has 2 bridgehead atoms. The van der Waals surface area contributed by atoms with E-state index in [2.05, 4.69) is 17.2 Å². The summed E-state index contributed by atoms with van der Waals surface area (Å²) in [6.45, 7) is 3.84. The second-order valence-corrected chi connectivity index (χ2v) is 6.44. The number of benzene rings is 1. The first-order chi connectivity index (χ1) is 12.1. The lowest BCUT2D eigenvalue weighted by Gasteiger charge is -2.24. The van der Waals surface area contributed by atoms with Crippen molar-refractivity contribution in [2.75, 3.05) is 7.11 Å². The van der Waals surface area contributed by atoms with Crippen LogP contribution in [-0.4, -0.2) is 41.2 Å². The number of carbonyl (C=O) groups is 1. The van der Waals surface area contributed by atoms with Gasteiger partial charge in [-0.15, -0.1) is 6.58 Å². The van der Waals surface area contributed by atoms with Gasteiger partial charge in [-0.25, -0.2) is 0 Å². The average molecular weight is 337 g/mol. The lowest BCUT2D eigenvalue weighted by atomic mass is 9.82. The van der Waals surface area contributed by atoms with Gasteiger partial charge in [0.15, 0.2) is 11.6 Å². The van der Waals surface area contributed by atoms with Gasteiger partial charge in [-0.05, 0) is 12.5 Å². The van der Waals surface area contributed by atoms with Gasteiger partial charge in [0.1, 0.15) is 11.7 Å². The predicted octanol–water partition coefficient (Wildman–Crippen LogP) is 2.21. The summed E-state index contributed by atoms with van der Waals surface area (Å²) in [5.74, 6) is 0.180. The van der Waals surface area contributed by atoms with Crippen LogP contribution in [-0.2, 0) is 14.3 Å². The normalized spacial score (nSPS) is 29.3. The molecule has 25 heavy (non-hydrogen) atoms. The van der Waals surface area contributed by atoms with Gasteiger partial charge < -0.3 is 15.2 Å². The molecule has 0 aromatic heterocycles. The minimum Gasteiger partial charge on any atom is -0.447 e. The Balaban J connectivity index is 1.97. The number of fused-ring (bicyclic) bond motifs is 1. The summed E-state index contributed by atoms with van der Waals surface area (Å²) in [7, 11) is 1.62. The number of hydrogen-bond acceptors (Lipinski definition) is 3. The summed E-state index contributed by atoms with van der Waals surface area (Å²) in [6, 6.07) is 9.96. The molecule has 2 N–H and O–H groups in total. The van der Waals surface area contributed by atoms with E-state index >= 15 is 0 Å². The maximum absolute atomic E-state index is 12.1. The Labute approximate surface area is 146 Å². The van der Waals surface area contributed by atoms with Crippen LogP contribution in [0.2, 0.25) is 0 Å². The van der Waals surface area contributed by atoms with Gasteiger partial charge in [0.2, 0.25) is 11.6 Å². The van der Waals surface area contributed by atoms with Crippen LogP contribution in [0.15, 0.2) is 66.3 Å². The fourth-order valence-electron chi connectivity index (χ4n) is 4.23. The topological polar surface area (TPSA) is 64.6 Å². The van der Waals surface area contributed by atoms with E-state index in [1.807, 2.05) is 42.5 Å². The maximum Gasteiger partial charge on any atom is 0.375 e. The van der Waals surface area contributed by atoms with Crippen LogP contribution in [0.5, 0.6) is 0 Å². The highest BCUT2D eigenvalue weighted by atomic mass is 16.5. The first-order valence-electron chi connectivity index (χ1n) is 8.42. The van der Waals surface area contributed by atoms with Crippen molar-refractivity contribution in [3.8, 4) is 0 Å². The summed E-state index contributed by atoms with van der Waals surface area (Å²) in [5, 5.41) is 0. The Hall–Kier alpha value is -2.66. The highest BCUT2D eigenvalue weighted by Crippen LogP contribution is 2.52. The Bertz CT molecular complexity index is 838. The SMILES string of the molecule is C=CCCC1[N+](c2ccccc2)=C(OC)C2=C(C(N)=O)C3C=CC21O3. The summed E-state index contributed by atoms with van der Waals surface area (Å²) in [4.78, 5) is 12.1. The van der Waals surface area contributed by atoms with E-state index in [0.717, 1.165) is 24.1 Å². The van der Waals surface area contributed by atoms with Crippen molar-refractivity contribution in [2.45, 2.75) is 30.6 Å². The van der Waals surface area contributed by atoms with Crippen LogP contribution in [0, 0.1) is 0 Å². The predicted molar refractivity (Wildman–Crippen MR) is 94.6 cm³/mol. The smallest absolute Gasteiger partial charge is 0.375 e. The zero-order valence-corrected chi connectivity index (χ0v) is 14.1. The van der Waals surface area contributed by atoms with E-state index in [1.54, 1.807) is 7.11 Å². The van der Waals surface area contributed by atoms with Crippen LogP contribution >= 0.6 is 0 Å². The molecule has 0 radical (unpaired) electrons. The number of amides is 1. The number of primary amides is 1. The highest BCUT2D eigenvalue weighted by Gasteiger charge is 2.67. The van der Waals surface area contributed by atoms with Crippen molar-refractivity contribution in [1.29, 1.82) is 0 Å². The van der Waals surface area contributed by atoms with Crippen LogP contribution in [0.1, 0.15) is 12.8 Å². The van der Waals surface area contributed by atoms with Gasteiger partial charge in [-0.3, -0.25) is 4.79 Å². The lowest BCUT2D eigenvalue weighted by Crippen LogP contribution is -2.41. The van der Waals surface area contributed by atoms with Gasteiger partial charge in [0.25, 0.3) is 0 Å². The quantitative estimate of drug-likeness (QED) is 0.662. The molecule has 5 nitrogen and oxygen atoms in total. The lowest BCUT2D eigenvalue weighted by molar-refractivity contribution is -0.500. The Morgan fingerprint density at radius 2 is 2.20 bits per heavy atom. The fourth-order valence-corrected chi connectivity index (χ4v) is 4.23. The number of methoxy groups -OCH3 is 1. The number of nitrogens with two attached hydrogens (primary N) is 1. The van der Waals surface area contributed by atoms with Crippen LogP contribution in [0.3, 0.4) is 0 Å². The summed E-state index contributed by atoms with van der Waals surface area (Å²) >= 11 is 0. The van der Waals surface area contributed by atoms with Gasteiger partial charge in [0.05, 0.1) is 12.7 Å². The standard InChI is InChI=1S/C20H20N2O3/c1-3-4-10-15-20-12-11-14(25-20)16(18(21)23)17(20)19(24-2)22(15)13-8-6-5-7-9-13/h3,5-9,11-12,14-15H,1,4,10H2,2H3,(H-,21,23)/p+1. The summed E-state index contributed by atoms with van der Waals surface area (Å²) in [6.07, 6.45) is 7.13. The molecular weight excluding hydrogens is 316 g/mol. The van der Waals surface area contributed by atoms with E-state index in [1.165, 1.54) is 0 Å². The first kappa shape index (κ1) is 15.8. The Kier molecular flexibility index (Phi) is 3.62. The summed E-state index contributed by atoms with van der Waals surface area (Å²) < 4.78 is 14.2. The van der Waals surface area contributed by atoms with E-state index in [9.17, 15) is 4.79 Å². The molecule has 1 spiro atoms. The van der Waals surface area contributed by atoms with E-state index < -0.39 is 11.5 Å². The van der Waals surface area contributed by atoms with Crippen molar-refractivity contribution in [3.05, 3.63) is 66.3 Å². The number of nitrogens with zero attached hydrogens (tertiary/aromatic N) is 1. The molecule has 3 unspecified atom stereocenters. The molecule has 1 amide bonds. The van der Waals surface area contributed by atoms with Crippen LogP contribution in [0.25, 0.3) is 0 Å². The van der Waals surface area contributed by atoms with Crippen molar-refractivity contribution in [3.63, 3.8) is 0 Å². The third-order valence-corrected chi connectivity index (χ3v) is 5.16. The largest absolute Gasteiger partial charge is 0.447 e. The molecule has 128 valence electrons. The molecule has 3 aliphatic rings. The van der Waals surface area contributed by atoms with Gasteiger partial charge in [-0.1, -0.05) is 30.4 Å². The van der Waals surface area contributed by atoms with E-state index in [0.29, 0.717) is 11.5 Å².